The molecule has 27 heavy (non-hydrogen) atoms. The number of carbonyl (C=O) groups is 1. The second-order valence-electron chi connectivity index (χ2n) is 6.25. The van der Waals surface area contributed by atoms with Crippen molar-refractivity contribution in [3.05, 3.63) is 76.6 Å². The fourth-order valence-corrected chi connectivity index (χ4v) is 3.63. The predicted octanol–water partition coefficient (Wildman–Crippen LogP) is 5.79. The minimum Gasteiger partial charge on any atom is -0.334 e. The van der Waals surface area contributed by atoms with Gasteiger partial charge in [0.15, 0.2) is 0 Å². The minimum absolute atomic E-state index is 0.218. The Labute approximate surface area is 168 Å². The Morgan fingerprint density at radius 2 is 1.85 bits per heavy atom. The third kappa shape index (κ3) is 4.67. The standard InChI is InChI=1S/C21H22ClN3OS/c1-14-11-16(15(2)25(14)19-9-7-17(22)8-10-19)13-23-21(26)24-18-5-4-6-20(12-18)27-3/h4-12H,13H2,1-3H3,(H2,23,24,26). The van der Waals surface area contributed by atoms with Gasteiger partial charge in [0.05, 0.1) is 0 Å². The molecule has 1 aromatic heterocycles. The third-order valence-electron chi connectivity index (χ3n) is 4.39. The Bertz CT molecular complexity index is 951. The SMILES string of the molecule is CSc1cccc(NC(=O)NCc2cc(C)n(-c3ccc(Cl)cc3)c2C)c1. The molecule has 2 amide bonds. The molecule has 1 heterocycles. The largest absolute Gasteiger partial charge is 0.334 e. The van der Waals surface area contributed by atoms with Crippen LogP contribution in [0.4, 0.5) is 10.5 Å². The number of aryl methyl sites for hydroxylation is 1. The van der Waals surface area contributed by atoms with E-state index in [-0.39, 0.29) is 6.03 Å². The van der Waals surface area contributed by atoms with Gasteiger partial charge in [0.2, 0.25) is 0 Å². The topological polar surface area (TPSA) is 46.1 Å². The number of rotatable bonds is 5. The van der Waals surface area contributed by atoms with Gasteiger partial charge in [-0.3, -0.25) is 0 Å². The molecule has 0 aliphatic rings. The molecule has 140 valence electrons. The van der Waals surface area contributed by atoms with E-state index in [1.165, 1.54) is 0 Å². The molecule has 2 N–H and O–H groups in total. The first-order chi connectivity index (χ1) is 13.0. The van der Waals surface area contributed by atoms with Crippen molar-refractivity contribution in [3.8, 4) is 5.69 Å². The fraction of sp³-hybridized carbons (Fsp3) is 0.190. The average Bonchev–Trinajstić information content (AvgIpc) is 2.94. The molecule has 4 nitrogen and oxygen atoms in total. The van der Waals surface area contributed by atoms with Crippen LogP contribution < -0.4 is 10.6 Å². The van der Waals surface area contributed by atoms with Crippen LogP contribution in [0.2, 0.25) is 5.02 Å². The van der Waals surface area contributed by atoms with E-state index in [1.807, 2.05) is 54.8 Å². The Morgan fingerprint density at radius 1 is 1.11 bits per heavy atom. The molecule has 2 aromatic carbocycles. The average molecular weight is 400 g/mol. The van der Waals surface area contributed by atoms with Crippen LogP contribution >= 0.6 is 23.4 Å². The maximum atomic E-state index is 12.2. The molecular formula is C21H22ClN3OS. The van der Waals surface area contributed by atoms with Crippen LogP contribution in [0.3, 0.4) is 0 Å². The Morgan fingerprint density at radius 3 is 2.56 bits per heavy atom. The number of carbonyl (C=O) groups excluding carboxylic acids is 1. The van der Waals surface area contributed by atoms with E-state index >= 15 is 0 Å². The molecule has 0 aliphatic carbocycles. The van der Waals surface area contributed by atoms with E-state index in [2.05, 4.69) is 35.1 Å². The maximum Gasteiger partial charge on any atom is 0.319 e. The normalized spacial score (nSPS) is 10.7. The highest BCUT2D eigenvalue weighted by atomic mass is 35.5. The van der Waals surface area contributed by atoms with Gasteiger partial charge in [0.1, 0.15) is 0 Å². The number of aromatic nitrogens is 1. The number of nitrogens with zero attached hydrogens (tertiary/aromatic N) is 1. The lowest BCUT2D eigenvalue weighted by atomic mass is 10.2. The van der Waals surface area contributed by atoms with Crippen LogP contribution in [0.25, 0.3) is 5.69 Å². The van der Waals surface area contributed by atoms with Gasteiger partial charge in [-0.25, -0.2) is 4.79 Å². The molecule has 0 aliphatic heterocycles. The van der Waals surface area contributed by atoms with E-state index in [1.54, 1.807) is 11.8 Å². The van der Waals surface area contributed by atoms with Gasteiger partial charge < -0.3 is 15.2 Å². The van der Waals surface area contributed by atoms with Crippen LogP contribution in [-0.2, 0) is 6.54 Å². The zero-order valence-electron chi connectivity index (χ0n) is 15.5. The van der Waals surface area contributed by atoms with E-state index in [4.69, 9.17) is 11.6 Å². The summed E-state index contributed by atoms with van der Waals surface area (Å²) < 4.78 is 2.16. The highest BCUT2D eigenvalue weighted by molar-refractivity contribution is 7.98. The van der Waals surface area contributed by atoms with Crippen molar-refractivity contribution < 1.29 is 4.79 Å². The Kier molecular flexibility index (Phi) is 6.14. The van der Waals surface area contributed by atoms with Crippen LogP contribution in [0.1, 0.15) is 17.0 Å². The Balaban J connectivity index is 1.68. The minimum atomic E-state index is -0.218. The van der Waals surface area contributed by atoms with Crippen molar-refractivity contribution in [3.63, 3.8) is 0 Å². The first-order valence-corrected chi connectivity index (χ1v) is 10.2. The zero-order valence-corrected chi connectivity index (χ0v) is 17.1. The molecule has 0 bridgehead atoms. The zero-order chi connectivity index (χ0) is 19.4. The predicted molar refractivity (Wildman–Crippen MR) is 114 cm³/mol. The number of nitrogens with one attached hydrogen (secondary N) is 2. The lowest BCUT2D eigenvalue weighted by Crippen LogP contribution is -2.28. The summed E-state index contributed by atoms with van der Waals surface area (Å²) in [5.74, 6) is 0. The molecule has 6 heteroatoms. The van der Waals surface area contributed by atoms with Gasteiger partial charge in [-0.15, -0.1) is 11.8 Å². The van der Waals surface area contributed by atoms with Gasteiger partial charge in [-0.05, 0) is 74.2 Å². The van der Waals surface area contributed by atoms with Crippen molar-refractivity contribution in [2.75, 3.05) is 11.6 Å². The summed E-state index contributed by atoms with van der Waals surface area (Å²) in [6.07, 6.45) is 2.01. The smallest absolute Gasteiger partial charge is 0.319 e. The van der Waals surface area contributed by atoms with E-state index < -0.39 is 0 Å². The van der Waals surface area contributed by atoms with Gasteiger partial charge in [0.25, 0.3) is 0 Å². The van der Waals surface area contributed by atoms with Gasteiger partial charge in [-0.2, -0.15) is 0 Å². The second kappa shape index (κ2) is 8.55. The number of urea groups is 1. The van der Waals surface area contributed by atoms with Crippen LogP contribution in [0.5, 0.6) is 0 Å². The van der Waals surface area contributed by atoms with Gasteiger partial charge in [0, 0.05) is 39.2 Å². The molecule has 0 atom stereocenters. The fourth-order valence-electron chi connectivity index (χ4n) is 3.05. The summed E-state index contributed by atoms with van der Waals surface area (Å²) in [5, 5.41) is 6.53. The van der Waals surface area contributed by atoms with E-state index in [9.17, 15) is 4.79 Å². The van der Waals surface area contributed by atoms with Crippen LogP contribution in [0.15, 0.2) is 59.5 Å². The summed E-state index contributed by atoms with van der Waals surface area (Å²) in [6.45, 7) is 4.57. The number of hydrogen-bond acceptors (Lipinski definition) is 2. The van der Waals surface area contributed by atoms with E-state index in [0.29, 0.717) is 11.6 Å². The molecule has 0 unspecified atom stereocenters. The highest BCUT2D eigenvalue weighted by Gasteiger charge is 2.12. The number of amides is 2. The molecule has 3 aromatic rings. The lowest BCUT2D eigenvalue weighted by Gasteiger charge is -2.11. The second-order valence-corrected chi connectivity index (χ2v) is 7.56. The molecule has 0 fully saturated rings. The summed E-state index contributed by atoms with van der Waals surface area (Å²) >= 11 is 7.63. The van der Waals surface area contributed by atoms with Crippen molar-refractivity contribution in [2.45, 2.75) is 25.3 Å². The first-order valence-electron chi connectivity index (χ1n) is 8.60. The van der Waals surface area contributed by atoms with Gasteiger partial charge >= 0.3 is 6.03 Å². The number of benzene rings is 2. The quantitative estimate of drug-likeness (QED) is 0.533. The van der Waals surface area contributed by atoms with Crippen LogP contribution in [-0.4, -0.2) is 16.9 Å². The molecule has 0 radical (unpaired) electrons. The summed E-state index contributed by atoms with van der Waals surface area (Å²) in [7, 11) is 0. The monoisotopic (exact) mass is 399 g/mol. The van der Waals surface area contributed by atoms with Gasteiger partial charge in [-0.1, -0.05) is 17.7 Å². The summed E-state index contributed by atoms with van der Waals surface area (Å²) in [6, 6.07) is 17.4. The van der Waals surface area contributed by atoms with Crippen LogP contribution in [0, 0.1) is 13.8 Å². The highest BCUT2D eigenvalue weighted by Crippen LogP contribution is 2.22. The first kappa shape index (κ1) is 19.4. The van der Waals surface area contributed by atoms with Crippen molar-refractivity contribution in [2.24, 2.45) is 0 Å². The molecule has 0 spiro atoms. The van der Waals surface area contributed by atoms with Crippen molar-refractivity contribution >= 4 is 35.1 Å². The number of halogens is 1. The van der Waals surface area contributed by atoms with Crippen molar-refractivity contribution in [1.29, 1.82) is 0 Å². The third-order valence-corrected chi connectivity index (χ3v) is 5.37. The number of thioether (sulfide) groups is 1. The molecule has 0 saturated heterocycles. The molecule has 0 saturated carbocycles. The lowest BCUT2D eigenvalue weighted by molar-refractivity contribution is 0.251. The van der Waals surface area contributed by atoms with Crippen molar-refractivity contribution in [1.82, 2.24) is 9.88 Å². The summed E-state index contributed by atoms with van der Waals surface area (Å²) in [4.78, 5) is 13.4. The molecule has 3 rings (SSSR count). The summed E-state index contributed by atoms with van der Waals surface area (Å²) in [5.41, 5.74) is 5.12. The molecular weight excluding hydrogens is 378 g/mol. The van der Waals surface area contributed by atoms with E-state index in [0.717, 1.165) is 33.2 Å². The number of hydrogen-bond donors (Lipinski definition) is 2. The maximum absolute atomic E-state index is 12.2. The Hall–Kier alpha value is -2.37. The number of anilines is 1.